The molecule has 2 aliphatic rings. The van der Waals surface area contributed by atoms with E-state index in [1.165, 1.54) is 11.1 Å². The molecule has 5 aromatic rings. The summed E-state index contributed by atoms with van der Waals surface area (Å²) >= 11 is 0. The number of para-hydroxylation sites is 1. The van der Waals surface area contributed by atoms with Gasteiger partial charge in [0.25, 0.3) is 0 Å². The van der Waals surface area contributed by atoms with Crippen LogP contribution >= 0.6 is 0 Å². The van der Waals surface area contributed by atoms with Gasteiger partial charge in [-0.15, -0.1) is 0 Å². The molecule has 2 N–H and O–H groups in total. The SMILES string of the molecule is Cc1ccc(-c2c3c(nc4c2c(C)nn4-c2ccccc2)NC(c2ccc4c(c2)OCO4)NC3)cc1. The molecule has 7 rings (SSSR count). The molecule has 2 aliphatic heterocycles. The van der Waals surface area contributed by atoms with E-state index in [2.05, 4.69) is 66.9 Å². The molecule has 0 aliphatic carbocycles. The summed E-state index contributed by atoms with van der Waals surface area (Å²) in [4.78, 5) is 5.16. The number of ether oxygens (including phenoxy) is 2. The molecule has 0 spiro atoms. The first-order valence-corrected chi connectivity index (χ1v) is 12.1. The first kappa shape index (κ1) is 21.0. The van der Waals surface area contributed by atoms with Gasteiger partial charge in [0.05, 0.1) is 16.8 Å². The van der Waals surface area contributed by atoms with Crippen molar-refractivity contribution in [3.63, 3.8) is 0 Å². The number of pyridine rings is 1. The van der Waals surface area contributed by atoms with Crippen LogP contribution in [0.5, 0.6) is 11.5 Å². The van der Waals surface area contributed by atoms with Crippen LogP contribution in [0.2, 0.25) is 0 Å². The van der Waals surface area contributed by atoms with Crippen molar-refractivity contribution in [1.29, 1.82) is 0 Å². The number of aryl methyl sites for hydroxylation is 2. The minimum atomic E-state index is -0.114. The highest BCUT2D eigenvalue weighted by atomic mass is 16.7. The number of nitrogens with zero attached hydrogens (tertiary/aromatic N) is 3. The zero-order chi connectivity index (χ0) is 24.2. The molecule has 0 saturated heterocycles. The van der Waals surface area contributed by atoms with E-state index >= 15 is 0 Å². The van der Waals surface area contributed by atoms with Crippen LogP contribution in [0.15, 0.2) is 72.8 Å². The first-order chi connectivity index (χ1) is 17.7. The third-order valence-electron chi connectivity index (χ3n) is 6.93. The van der Waals surface area contributed by atoms with Crippen molar-refractivity contribution in [2.75, 3.05) is 12.1 Å². The Morgan fingerprint density at radius 1 is 0.917 bits per heavy atom. The van der Waals surface area contributed by atoms with Crippen molar-refractivity contribution in [2.45, 2.75) is 26.6 Å². The predicted molar refractivity (Wildman–Crippen MR) is 140 cm³/mol. The summed E-state index contributed by atoms with van der Waals surface area (Å²) in [6.45, 7) is 5.10. The Morgan fingerprint density at radius 2 is 1.72 bits per heavy atom. The van der Waals surface area contributed by atoms with E-state index in [1.807, 2.05) is 35.0 Å². The van der Waals surface area contributed by atoms with E-state index in [0.717, 1.165) is 56.4 Å². The number of fused-ring (bicyclic) bond motifs is 3. The van der Waals surface area contributed by atoms with E-state index in [0.29, 0.717) is 6.54 Å². The van der Waals surface area contributed by atoms with Crippen LogP contribution in [-0.2, 0) is 6.54 Å². The fourth-order valence-electron chi connectivity index (χ4n) is 5.12. The van der Waals surface area contributed by atoms with Crippen LogP contribution in [0.3, 0.4) is 0 Å². The second-order valence-corrected chi connectivity index (χ2v) is 9.28. The Kier molecular flexibility index (Phi) is 4.72. The molecule has 0 bridgehead atoms. The van der Waals surface area contributed by atoms with Crippen molar-refractivity contribution in [3.05, 3.63) is 95.2 Å². The molecule has 1 unspecified atom stereocenters. The number of hydrogen-bond donors (Lipinski definition) is 2. The van der Waals surface area contributed by atoms with E-state index < -0.39 is 0 Å². The lowest BCUT2D eigenvalue weighted by Crippen LogP contribution is -2.33. The molecule has 2 aromatic heterocycles. The summed E-state index contributed by atoms with van der Waals surface area (Å²) in [5.41, 5.74) is 8.54. The van der Waals surface area contributed by atoms with Crippen molar-refractivity contribution in [3.8, 4) is 28.3 Å². The van der Waals surface area contributed by atoms with Gasteiger partial charge in [0.2, 0.25) is 6.79 Å². The predicted octanol–water partition coefficient (Wildman–Crippen LogP) is 5.65. The fraction of sp³-hybridized carbons (Fsp3) is 0.172. The second kappa shape index (κ2) is 8.10. The zero-order valence-electron chi connectivity index (χ0n) is 20.1. The molecule has 3 aromatic carbocycles. The molecule has 178 valence electrons. The maximum absolute atomic E-state index is 5.61. The van der Waals surface area contributed by atoms with Crippen molar-refractivity contribution in [1.82, 2.24) is 20.1 Å². The minimum Gasteiger partial charge on any atom is -0.454 e. The molecule has 0 saturated carbocycles. The minimum absolute atomic E-state index is 0.114. The number of aromatic nitrogens is 3. The largest absolute Gasteiger partial charge is 0.454 e. The quantitative estimate of drug-likeness (QED) is 0.352. The third kappa shape index (κ3) is 3.31. The van der Waals surface area contributed by atoms with Gasteiger partial charge in [-0.2, -0.15) is 5.10 Å². The van der Waals surface area contributed by atoms with Crippen LogP contribution in [-0.4, -0.2) is 21.6 Å². The van der Waals surface area contributed by atoms with Gasteiger partial charge in [-0.3, -0.25) is 5.32 Å². The van der Waals surface area contributed by atoms with Gasteiger partial charge in [-0.25, -0.2) is 9.67 Å². The number of nitrogens with one attached hydrogen (secondary N) is 2. The van der Waals surface area contributed by atoms with Gasteiger partial charge >= 0.3 is 0 Å². The molecule has 0 amide bonds. The van der Waals surface area contributed by atoms with E-state index in [-0.39, 0.29) is 13.0 Å². The summed E-state index contributed by atoms with van der Waals surface area (Å²) in [7, 11) is 0. The topological polar surface area (TPSA) is 73.2 Å². The van der Waals surface area contributed by atoms with Gasteiger partial charge in [-0.05, 0) is 49.2 Å². The maximum Gasteiger partial charge on any atom is 0.231 e. The third-order valence-corrected chi connectivity index (χ3v) is 6.93. The Labute approximate surface area is 208 Å². The van der Waals surface area contributed by atoms with Crippen LogP contribution in [0.4, 0.5) is 5.82 Å². The Balaban J connectivity index is 1.42. The van der Waals surface area contributed by atoms with Gasteiger partial charge < -0.3 is 14.8 Å². The molecule has 7 heteroatoms. The highest BCUT2D eigenvalue weighted by Gasteiger charge is 2.28. The lowest BCUT2D eigenvalue weighted by atomic mass is 9.94. The van der Waals surface area contributed by atoms with Crippen molar-refractivity contribution >= 4 is 16.9 Å². The second-order valence-electron chi connectivity index (χ2n) is 9.28. The first-order valence-electron chi connectivity index (χ1n) is 12.1. The van der Waals surface area contributed by atoms with Crippen molar-refractivity contribution < 1.29 is 9.47 Å². The maximum atomic E-state index is 5.61. The Morgan fingerprint density at radius 3 is 2.56 bits per heavy atom. The number of benzene rings is 3. The van der Waals surface area contributed by atoms with Gasteiger partial charge in [0.15, 0.2) is 17.1 Å². The molecule has 4 heterocycles. The van der Waals surface area contributed by atoms with E-state index in [4.69, 9.17) is 19.6 Å². The summed E-state index contributed by atoms with van der Waals surface area (Å²) in [6, 6.07) is 24.9. The van der Waals surface area contributed by atoms with Crippen LogP contribution in [0.25, 0.3) is 27.8 Å². The van der Waals surface area contributed by atoms with Crippen molar-refractivity contribution in [2.24, 2.45) is 0 Å². The number of rotatable bonds is 3. The molecule has 1 atom stereocenters. The molecule has 0 radical (unpaired) electrons. The van der Waals surface area contributed by atoms with E-state index in [1.54, 1.807) is 0 Å². The highest BCUT2D eigenvalue weighted by molar-refractivity contribution is 5.99. The smallest absolute Gasteiger partial charge is 0.231 e. The zero-order valence-corrected chi connectivity index (χ0v) is 20.1. The normalized spacial score (nSPS) is 16.1. The lowest BCUT2D eigenvalue weighted by Gasteiger charge is -2.30. The average Bonchev–Trinajstić information content (AvgIpc) is 3.52. The fourth-order valence-corrected chi connectivity index (χ4v) is 5.12. The van der Waals surface area contributed by atoms with E-state index in [9.17, 15) is 0 Å². The molecule has 36 heavy (non-hydrogen) atoms. The number of hydrogen-bond acceptors (Lipinski definition) is 6. The standard InChI is InChI=1S/C29H25N5O2/c1-17-8-10-19(11-9-17)26-22-15-30-27(20-12-13-23-24(14-20)36-16-35-23)31-28(22)32-29-25(26)18(2)33-34(29)21-6-4-3-5-7-21/h3-14,27,30H,15-16H2,1-2H3,(H,31,32). The summed E-state index contributed by atoms with van der Waals surface area (Å²) in [5.74, 6) is 2.40. The Hall–Kier alpha value is -4.36. The molecular weight excluding hydrogens is 450 g/mol. The summed E-state index contributed by atoms with van der Waals surface area (Å²) < 4.78 is 13.0. The van der Waals surface area contributed by atoms with Gasteiger partial charge in [-0.1, -0.05) is 54.1 Å². The van der Waals surface area contributed by atoms with Crippen LogP contribution in [0, 0.1) is 13.8 Å². The van der Waals surface area contributed by atoms with Gasteiger partial charge in [0, 0.05) is 17.7 Å². The molecular formula is C29H25N5O2. The lowest BCUT2D eigenvalue weighted by molar-refractivity contribution is 0.174. The van der Waals surface area contributed by atoms with Crippen LogP contribution in [0.1, 0.15) is 28.6 Å². The van der Waals surface area contributed by atoms with Gasteiger partial charge in [0.1, 0.15) is 12.0 Å². The average molecular weight is 476 g/mol. The van der Waals surface area contributed by atoms with Crippen LogP contribution < -0.4 is 20.1 Å². The summed E-state index contributed by atoms with van der Waals surface area (Å²) in [6.07, 6.45) is -0.114. The molecule has 7 nitrogen and oxygen atoms in total. The number of anilines is 1. The highest BCUT2D eigenvalue weighted by Crippen LogP contribution is 2.41. The monoisotopic (exact) mass is 475 g/mol. The molecule has 0 fully saturated rings. The Bertz CT molecular complexity index is 1610. The summed E-state index contributed by atoms with van der Waals surface area (Å²) in [5, 5.41) is 13.3.